The quantitative estimate of drug-likeness (QED) is 0.865. The van der Waals surface area contributed by atoms with E-state index >= 15 is 0 Å². The fourth-order valence-electron chi connectivity index (χ4n) is 3.49. The van der Waals surface area contributed by atoms with Crippen LogP contribution in [0.2, 0.25) is 6.32 Å². The van der Waals surface area contributed by atoms with Crippen LogP contribution in [0.5, 0.6) is 5.75 Å². The molecule has 23 heavy (non-hydrogen) atoms. The number of hydrogen-bond acceptors (Lipinski definition) is 4. The third kappa shape index (κ3) is 2.79. The normalized spacial score (nSPS) is 31.7. The van der Waals surface area contributed by atoms with Gasteiger partial charge in [0.2, 0.25) is 0 Å². The van der Waals surface area contributed by atoms with E-state index in [4.69, 9.17) is 14.0 Å². The van der Waals surface area contributed by atoms with E-state index in [9.17, 15) is 5.11 Å². The molecule has 2 atom stereocenters. The summed E-state index contributed by atoms with van der Waals surface area (Å²) in [5.74, 6) is 0.963. The number of benzene rings is 1. The summed E-state index contributed by atoms with van der Waals surface area (Å²) in [6.45, 7) is 8.24. The van der Waals surface area contributed by atoms with Gasteiger partial charge in [0, 0.05) is 0 Å². The molecule has 2 aliphatic rings. The Morgan fingerprint density at radius 3 is 2.13 bits per heavy atom. The molecular formula is C18H27BO4. The van der Waals surface area contributed by atoms with E-state index in [1.165, 1.54) is 0 Å². The fourth-order valence-corrected chi connectivity index (χ4v) is 3.49. The highest BCUT2D eigenvalue weighted by atomic mass is 16.7. The maximum atomic E-state index is 11.1. The minimum absolute atomic E-state index is 0.158. The Kier molecular flexibility index (Phi) is 4.02. The van der Waals surface area contributed by atoms with E-state index in [2.05, 4.69) is 27.7 Å². The van der Waals surface area contributed by atoms with Crippen LogP contribution in [0.15, 0.2) is 24.3 Å². The average molecular weight is 318 g/mol. The van der Waals surface area contributed by atoms with Gasteiger partial charge in [-0.05, 0) is 70.5 Å². The van der Waals surface area contributed by atoms with E-state index in [0.717, 1.165) is 30.5 Å². The third-order valence-electron chi connectivity index (χ3n) is 5.92. The van der Waals surface area contributed by atoms with Crippen LogP contribution < -0.4 is 4.74 Å². The van der Waals surface area contributed by atoms with Gasteiger partial charge in [0.15, 0.2) is 0 Å². The molecule has 5 heteroatoms. The summed E-state index contributed by atoms with van der Waals surface area (Å²) in [6, 6.07) is 7.71. The molecule has 0 unspecified atom stereocenters. The summed E-state index contributed by atoms with van der Waals surface area (Å²) >= 11 is 0. The van der Waals surface area contributed by atoms with Gasteiger partial charge in [0.1, 0.15) is 5.75 Å². The Morgan fingerprint density at radius 2 is 1.70 bits per heavy atom. The topological polar surface area (TPSA) is 47.9 Å². The molecule has 2 fully saturated rings. The summed E-state index contributed by atoms with van der Waals surface area (Å²) in [5, 5.41) is 11.1. The van der Waals surface area contributed by atoms with Crippen LogP contribution in [-0.2, 0) is 14.9 Å². The van der Waals surface area contributed by atoms with Gasteiger partial charge in [-0.1, -0.05) is 12.1 Å². The molecule has 1 saturated carbocycles. The predicted octanol–water partition coefficient (Wildman–Crippen LogP) is 3.39. The van der Waals surface area contributed by atoms with Gasteiger partial charge in [0.25, 0.3) is 0 Å². The molecule has 0 bridgehead atoms. The van der Waals surface area contributed by atoms with Crippen LogP contribution in [0.3, 0.4) is 0 Å². The molecule has 0 radical (unpaired) electrons. The van der Waals surface area contributed by atoms with Crippen molar-refractivity contribution in [3.8, 4) is 5.75 Å². The van der Waals surface area contributed by atoms with Crippen molar-refractivity contribution in [3.63, 3.8) is 0 Å². The second-order valence-electron chi connectivity index (χ2n) is 7.81. The Balaban J connectivity index is 1.70. The second kappa shape index (κ2) is 5.50. The van der Waals surface area contributed by atoms with Crippen molar-refractivity contribution in [2.75, 3.05) is 7.11 Å². The van der Waals surface area contributed by atoms with Crippen molar-refractivity contribution in [1.29, 1.82) is 0 Å². The van der Waals surface area contributed by atoms with Crippen molar-refractivity contribution < 1.29 is 19.2 Å². The van der Waals surface area contributed by atoms with E-state index in [-0.39, 0.29) is 24.2 Å². The second-order valence-corrected chi connectivity index (χ2v) is 7.81. The summed E-state index contributed by atoms with van der Waals surface area (Å²) in [4.78, 5) is 0. The lowest BCUT2D eigenvalue weighted by atomic mass is 9.58. The van der Waals surface area contributed by atoms with Gasteiger partial charge in [0.05, 0.1) is 23.9 Å². The zero-order valence-corrected chi connectivity index (χ0v) is 14.8. The van der Waals surface area contributed by atoms with Gasteiger partial charge in [-0.3, -0.25) is 0 Å². The van der Waals surface area contributed by atoms with Crippen molar-refractivity contribution in [2.45, 2.75) is 63.7 Å². The molecule has 126 valence electrons. The Labute approximate surface area is 139 Å². The van der Waals surface area contributed by atoms with Crippen LogP contribution in [-0.4, -0.2) is 30.5 Å². The van der Waals surface area contributed by atoms with Gasteiger partial charge < -0.3 is 19.2 Å². The standard InChI is InChI=1S/C18H27BO4/c1-16(2)17(3,4)23-19(22-16)12-14-10-11-18(14,20)13-6-8-15(21-5)9-7-13/h6-9,14,20H,10-12H2,1-5H3/t14-,18+/m0/s1. The average Bonchev–Trinajstić information content (AvgIpc) is 2.70. The van der Waals surface area contributed by atoms with Crippen LogP contribution in [0, 0.1) is 5.92 Å². The first-order valence-electron chi connectivity index (χ1n) is 8.40. The highest BCUT2D eigenvalue weighted by Gasteiger charge is 2.55. The molecule has 3 rings (SSSR count). The molecule has 0 amide bonds. The van der Waals surface area contributed by atoms with Crippen molar-refractivity contribution in [2.24, 2.45) is 5.92 Å². The summed E-state index contributed by atoms with van der Waals surface area (Å²) in [6.07, 6.45) is 2.49. The molecule has 1 heterocycles. The largest absolute Gasteiger partial charge is 0.497 e. The lowest BCUT2D eigenvalue weighted by Gasteiger charge is -2.46. The minimum atomic E-state index is -0.782. The Hall–Kier alpha value is -1.04. The molecule has 1 N–H and O–H groups in total. The first-order chi connectivity index (χ1) is 10.7. The van der Waals surface area contributed by atoms with E-state index < -0.39 is 5.60 Å². The highest BCUT2D eigenvalue weighted by Crippen LogP contribution is 2.51. The van der Waals surface area contributed by atoms with Gasteiger partial charge in [-0.2, -0.15) is 0 Å². The zero-order chi connectivity index (χ0) is 16.9. The number of hydrogen-bond donors (Lipinski definition) is 1. The van der Waals surface area contributed by atoms with E-state index in [1.54, 1.807) is 7.11 Å². The Bertz CT molecular complexity index is 553. The first kappa shape index (κ1) is 16.8. The molecule has 0 spiro atoms. The number of methoxy groups -OCH3 is 1. The van der Waals surface area contributed by atoms with Crippen LogP contribution >= 0.6 is 0 Å². The lowest BCUT2D eigenvalue weighted by Crippen LogP contribution is -2.46. The van der Waals surface area contributed by atoms with Gasteiger partial charge in [-0.25, -0.2) is 0 Å². The summed E-state index contributed by atoms with van der Waals surface area (Å²) in [5.41, 5.74) is -0.471. The molecule has 1 aliphatic heterocycles. The molecule has 4 nitrogen and oxygen atoms in total. The maximum Gasteiger partial charge on any atom is 0.458 e. The molecule has 1 aromatic rings. The van der Waals surface area contributed by atoms with Crippen LogP contribution in [0.1, 0.15) is 46.1 Å². The predicted molar refractivity (Wildman–Crippen MR) is 90.5 cm³/mol. The Morgan fingerprint density at radius 1 is 1.13 bits per heavy atom. The summed E-state index contributed by atoms with van der Waals surface area (Å²) in [7, 11) is 1.39. The van der Waals surface area contributed by atoms with E-state index in [0.29, 0.717) is 0 Å². The molecular weight excluding hydrogens is 291 g/mol. The van der Waals surface area contributed by atoms with Crippen molar-refractivity contribution in [3.05, 3.63) is 29.8 Å². The zero-order valence-electron chi connectivity index (χ0n) is 14.8. The highest BCUT2D eigenvalue weighted by molar-refractivity contribution is 6.45. The SMILES string of the molecule is COc1ccc([C@]2(O)CC[C@H]2CB2OC(C)(C)C(C)(C)O2)cc1. The van der Waals surface area contributed by atoms with Crippen LogP contribution in [0.4, 0.5) is 0 Å². The number of ether oxygens (including phenoxy) is 1. The van der Waals surface area contributed by atoms with Gasteiger partial charge in [-0.15, -0.1) is 0 Å². The van der Waals surface area contributed by atoms with E-state index in [1.807, 2.05) is 24.3 Å². The number of aliphatic hydroxyl groups is 1. The molecule has 1 aromatic carbocycles. The van der Waals surface area contributed by atoms with Crippen LogP contribution in [0.25, 0.3) is 0 Å². The van der Waals surface area contributed by atoms with Crippen molar-refractivity contribution >= 4 is 7.12 Å². The molecule has 1 aliphatic carbocycles. The third-order valence-corrected chi connectivity index (χ3v) is 5.92. The monoisotopic (exact) mass is 318 g/mol. The maximum absolute atomic E-state index is 11.1. The summed E-state index contributed by atoms with van der Waals surface area (Å²) < 4.78 is 17.4. The molecule has 1 saturated heterocycles. The van der Waals surface area contributed by atoms with Crippen molar-refractivity contribution in [1.82, 2.24) is 0 Å². The fraction of sp³-hybridized carbons (Fsp3) is 0.667. The van der Waals surface area contributed by atoms with Gasteiger partial charge >= 0.3 is 7.12 Å². The number of rotatable bonds is 4. The smallest absolute Gasteiger partial charge is 0.458 e. The molecule has 0 aromatic heterocycles. The lowest BCUT2D eigenvalue weighted by molar-refractivity contribution is -0.0951. The minimum Gasteiger partial charge on any atom is -0.497 e. The first-order valence-corrected chi connectivity index (χ1v) is 8.40.